The van der Waals surface area contributed by atoms with Crippen molar-refractivity contribution in [2.24, 2.45) is 0 Å². The van der Waals surface area contributed by atoms with E-state index in [2.05, 4.69) is 56.1 Å². The number of nitrogens with zero attached hydrogens (tertiary/aromatic N) is 3. The maximum atomic E-state index is 4.17. The fourth-order valence-corrected chi connectivity index (χ4v) is 2.16. The maximum absolute atomic E-state index is 4.17. The summed E-state index contributed by atoms with van der Waals surface area (Å²) in [5.74, 6) is 0. The number of rotatable bonds is 3. The second-order valence-electron chi connectivity index (χ2n) is 5.95. The molecule has 0 aliphatic carbocycles. The van der Waals surface area contributed by atoms with Gasteiger partial charge >= 0.3 is 0 Å². The highest BCUT2D eigenvalue weighted by molar-refractivity contribution is 4.99. The Morgan fingerprint density at radius 1 is 1.12 bits per heavy atom. The van der Waals surface area contributed by atoms with Crippen molar-refractivity contribution in [3.8, 4) is 0 Å². The van der Waals surface area contributed by atoms with E-state index < -0.39 is 0 Å². The van der Waals surface area contributed by atoms with Crippen LogP contribution in [0.4, 0.5) is 0 Å². The average Bonchev–Trinajstić information content (AvgIpc) is 2.15. The van der Waals surface area contributed by atoms with Gasteiger partial charge in [0.05, 0.1) is 0 Å². The van der Waals surface area contributed by atoms with Crippen LogP contribution in [0.25, 0.3) is 0 Å². The molecular formula is C13H27N3. The Bertz CT molecular complexity index is 232. The van der Waals surface area contributed by atoms with Crippen LogP contribution in [-0.4, -0.2) is 67.1 Å². The summed E-state index contributed by atoms with van der Waals surface area (Å²) in [7, 11) is 4.19. The van der Waals surface area contributed by atoms with Gasteiger partial charge in [-0.15, -0.1) is 0 Å². The molecule has 0 aromatic carbocycles. The van der Waals surface area contributed by atoms with Crippen LogP contribution in [0.3, 0.4) is 0 Å². The van der Waals surface area contributed by atoms with Gasteiger partial charge < -0.3 is 9.80 Å². The van der Waals surface area contributed by atoms with E-state index in [0.717, 1.165) is 32.7 Å². The van der Waals surface area contributed by atoms with Crippen LogP contribution in [0, 0.1) is 0 Å². The Kier molecular flexibility index (Phi) is 4.39. The normalized spacial score (nSPS) is 19.2. The molecular weight excluding hydrogens is 198 g/mol. The Labute approximate surface area is 101 Å². The third kappa shape index (κ3) is 3.80. The van der Waals surface area contributed by atoms with Crippen molar-refractivity contribution < 1.29 is 0 Å². The van der Waals surface area contributed by atoms with Crippen molar-refractivity contribution in [1.82, 2.24) is 14.7 Å². The molecule has 3 heteroatoms. The molecule has 1 heterocycles. The first-order chi connectivity index (χ1) is 7.30. The zero-order valence-electron chi connectivity index (χ0n) is 11.6. The van der Waals surface area contributed by atoms with Gasteiger partial charge in [0.25, 0.3) is 0 Å². The highest BCUT2D eigenvalue weighted by atomic mass is 15.3. The molecule has 0 aromatic heterocycles. The van der Waals surface area contributed by atoms with E-state index in [-0.39, 0.29) is 0 Å². The van der Waals surface area contributed by atoms with Gasteiger partial charge in [0.1, 0.15) is 0 Å². The van der Waals surface area contributed by atoms with Gasteiger partial charge in [-0.3, -0.25) is 4.90 Å². The average molecular weight is 225 g/mol. The summed E-state index contributed by atoms with van der Waals surface area (Å²) in [5, 5.41) is 0. The van der Waals surface area contributed by atoms with Crippen LogP contribution < -0.4 is 0 Å². The van der Waals surface area contributed by atoms with E-state index in [4.69, 9.17) is 0 Å². The number of likely N-dealkylation sites (N-methyl/N-ethyl adjacent to an activating group) is 1. The summed E-state index contributed by atoms with van der Waals surface area (Å²) in [6.45, 7) is 16.5. The van der Waals surface area contributed by atoms with Crippen LogP contribution >= 0.6 is 0 Å². The first-order valence-corrected chi connectivity index (χ1v) is 6.13. The maximum Gasteiger partial charge on any atom is 0.0371 e. The van der Waals surface area contributed by atoms with Crippen LogP contribution in [0.5, 0.6) is 0 Å². The predicted molar refractivity (Wildman–Crippen MR) is 70.6 cm³/mol. The third-order valence-electron chi connectivity index (χ3n) is 3.17. The van der Waals surface area contributed by atoms with Crippen molar-refractivity contribution in [1.29, 1.82) is 0 Å². The Hall–Kier alpha value is -0.540. The monoisotopic (exact) mass is 225 g/mol. The van der Waals surface area contributed by atoms with E-state index in [1.807, 2.05) is 0 Å². The molecule has 1 aliphatic rings. The van der Waals surface area contributed by atoms with Crippen LogP contribution in [0.2, 0.25) is 0 Å². The van der Waals surface area contributed by atoms with Gasteiger partial charge in [0.2, 0.25) is 0 Å². The van der Waals surface area contributed by atoms with Gasteiger partial charge in [0.15, 0.2) is 0 Å². The molecule has 94 valence electrons. The molecule has 3 nitrogen and oxygen atoms in total. The minimum absolute atomic E-state index is 0.301. The molecule has 0 radical (unpaired) electrons. The highest BCUT2D eigenvalue weighted by Gasteiger charge is 2.25. The Balaban J connectivity index is 2.40. The predicted octanol–water partition coefficient (Wildman–Crippen LogP) is 1.48. The highest BCUT2D eigenvalue weighted by Crippen LogP contribution is 2.17. The first kappa shape index (κ1) is 13.5. The summed E-state index contributed by atoms with van der Waals surface area (Å²) in [6.07, 6.45) is 0. The minimum Gasteiger partial charge on any atom is -0.372 e. The lowest BCUT2D eigenvalue weighted by molar-refractivity contribution is 0.0740. The fraction of sp³-hybridized carbons (Fsp3) is 0.846. The van der Waals surface area contributed by atoms with Crippen LogP contribution in [-0.2, 0) is 0 Å². The lowest BCUT2D eigenvalue weighted by Crippen LogP contribution is -2.53. The molecule has 16 heavy (non-hydrogen) atoms. The quantitative estimate of drug-likeness (QED) is 0.720. The summed E-state index contributed by atoms with van der Waals surface area (Å²) in [5.41, 5.74) is 1.55. The molecule has 0 atom stereocenters. The topological polar surface area (TPSA) is 9.72 Å². The van der Waals surface area contributed by atoms with E-state index >= 15 is 0 Å². The molecule has 1 rings (SSSR count). The van der Waals surface area contributed by atoms with E-state index in [9.17, 15) is 0 Å². The number of hydrogen-bond acceptors (Lipinski definition) is 3. The second-order valence-corrected chi connectivity index (χ2v) is 5.95. The Morgan fingerprint density at radius 3 is 2.00 bits per heavy atom. The van der Waals surface area contributed by atoms with E-state index in [0.29, 0.717) is 5.54 Å². The third-order valence-corrected chi connectivity index (χ3v) is 3.17. The molecule has 0 unspecified atom stereocenters. The Morgan fingerprint density at radius 2 is 1.62 bits per heavy atom. The number of piperazine rings is 1. The number of hydrogen-bond donors (Lipinski definition) is 0. The van der Waals surface area contributed by atoms with Gasteiger partial charge in [-0.25, -0.2) is 0 Å². The molecule has 0 spiro atoms. The molecule has 0 saturated carbocycles. The molecule has 1 aliphatic heterocycles. The van der Waals surface area contributed by atoms with Crippen molar-refractivity contribution in [2.75, 3.05) is 46.8 Å². The van der Waals surface area contributed by atoms with Gasteiger partial charge in [0, 0.05) is 44.0 Å². The molecule has 1 fully saturated rings. The standard InChI is InChI=1S/C13H27N3/c1-12(11-14(5)6)15-7-9-16(10-8-15)13(2,3)4/h1,7-11H2,2-6H3. The summed E-state index contributed by atoms with van der Waals surface area (Å²) in [4.78, 5) is 7.15. The zero-order chi connectivity index (χ0) is 12.3. The molecule has 0 aromatic rings. The van der Waals surface area contributed by atoms with Gasteiger partial charge in [-0.2, -0.15) is 0 Å². The molecule has 1 saturated heterocycles. The van der Waals surface area contributed by atoms with Crippen molar-refractivity contribution in [3.05, 3.63) is 12.3 Å². The van der Waals surface area contributed by atoms with E-state index in [1.54, 1.807) is 0 Å². The van der Waals surface area contributed by atoms with Crippen molar-refractivity contribution in [2.45, 2.75) is 26.3 Å². The summed E-state index contributed by atoms with van der Waals surface area (Å²) >= 11 is 0. The van der Waals surface area contributed by atoms with Crippen LogP contribution in [0.15, 0.2) is 12.3 Å². The van der Waals surface area contributed by atoms with Gasteiger partial charge in [-0.1, -0.05) is 6.58 Å². The van der Waals surface area contributed by atoms with Crippen molar-refractivity contribution in [3.63, 3.8) is 0 Å². The minimum atomic E-state index is 0.301. The largest absolute Gasteiger partial charge is 0.372 e. The zero-order valence-corrected chi connectivity index (χ0v) is 11.6. The molecule has 0 N–H and O–H groups in total. The second kappa shape index (κ2) is 5.19. The fourth-order valence-electron chi connectivity index (χ4n) is 2.16. The molecule has 0 bridgehead atoms. The lowest BCUT2D eigenvalue weighted by atomic mass is 10.0. The van der Waals surface area contributed by atoms with Crippen LogP contribution in [0.1, 0.15) is 20.8 Å². The lowest BCUT2D eigenvalue weighted by Gasteiger charge is -2.43. The van der Waals surface area contributed by atoms with Gasteiger partial charge in [-0.05, 0) is 34.9 Å². The summed E-state index contributed by atoms with van der Waals surface area (Å²) < 4.78 is 0. The summed E-state index contributed by atoms with van der Waals surface area (Å²) in [6, 6.07) is 0. The molecule has 0 amide bonds. The first-order valence-electron chi connectivity index (χ1n) is 6.13. The van der Waals surface area contributed by atoms with Crippen molar-refractivity contribution >= 4 is 0 Å². The smallest absolute Gasteiger partial charge is 0.0371 e. The van der Waals surface area contributed by atoms with E-state index in [1.165, 1.54) is 5.70 Å². The SMILES string of the molecule is C=C(CN(C)C)N1CCN(C(C)(C)C)CC1.